The second-order valence-corrected chi connectivity index (χ2v) is 7.26. The normalized spacial score (nSPS) is 18.9. The largest absolute Gasteiger partial charge is 0.497 e. The van der Waals surface area contributed by atoms with Crippen LogP contribution in [0.5, 0.6) is 11.5 Å². The molecule has 2 rings (SSSR count). The standard InChI is InChI=1S/C17H26N2O6S/c1-22-14-9-8-13(15(12-14)23-2)11-17-19-26(25-24-17)10-6-4-3-5-7-16(20)18-21/h8-9,11-12,19,21,26H,3-7,10H2,1-2H3,(H,18,20)/b17-11-. The molecule has 1 saturated heterocycles. The molecule has 1 aromatic carbocycles. The number of unbranched alkanes of at least 4 members (excludes halogenated alkanes) is 3. The summed E-state index contributed by atoms with van der Waals surface area (Å²) in [4.78, 5) is 16.2. The molecule has 0 spiro atoms. The van der Waals surface area contributed by atoms with E-state index in [2.05, 4.69) is 4.72 Å². The van der Waals surface area contributed by atoms with E-state index in [0.29, 0.717) is 18.1 Å². The lowest BCUT2D eigenvalue weighted by Gasteiger charge is -2.10. The fraction of sp³-hybridized carbons (Fsp3) is 0.471. The van der Waals surface area contributed by atoms with Gasteiger partial charge in [-0.25, -0.2) is 5.48 Å². The molecular weight excluding hydrogens is 360 g/mol. The molecule has 1 heterocycles. The van der Waals surface area contributed by atoms with Crippen LogP contribution in [0.15, 0.2) is 24.1 Å². The minimum absolute atomic E-state index is 0.340. The number of rotatable bonds is 10. The van der Waals surface area contributed by atoms with Gasteiger partial charge >= 0.3 is 0 Å². The monoisotopic (exact) mass is 386 g/mol. The number of hydrogen-bond donors (Lipinski definition) is 4. The molecule has 0 bridgehead atoms. The first-order valence-corrected chi connectivity index (χ1v) is 9.86. The molecule has 1 aliphatic rings. The summed E-state index contributed by atoms with van der Waals surface area (Å²) in [5.74, 6) is 2.48. The van der Waals surface area contributed by atoms with E-state index in [0.717, 1.165) is 42.7 Å². The Kier molecular flexibility index (Phi) is 8.39. The summed E-state index contributed by atoms with van der Waals surface area (Å²) in [6.45, 7) is 0. The Bertz CT molecular complexity index is 625. The van der Waals surface area contributed by atoms with Crippen LogP contribution in [0, 0.1) is 0 Å². The smallest absolute Gasteiger partial charge is 0.243 e. The number of ether oxygens (including phenoxy) is 2. The third-order valence-electron chi connectivity index (χ3n) is 3.82. The molecule has 1 amide bonds. The molecule has 0 radical (unpaired) electrons. The fourth-order valence-corrected chi connectivity index (χ4v) is 3.68. The van der Waals surface area contributed by atoms with Crippen LogP contribution in [-0.4, -0.2) is 31.1 Å². The van der Waals surface area contributed by atoms with Crippen LogP contribution in [-0.2, 0) is 14.0 Å². The molecule has 1 unspecified atom stereocenters. The molecule has 1 atom stereocenters. The van der Waals surface area contributed by atoms with Gasteiger partial charge in [-0.2, -0.15) is 0 Å². The summed E-state index contributed by atoms with van der Waals surface area (Å²) in [6.07, 6.45) is 5.84. The predicted octanol–water partition coefficient (Wildman–Crippen LogP) is 2.84. The number of hydrogen-bond acceptors (Lipinski definition) is 7. The van der Waals surface area contributed by atoms with Gasteiger partial charge < -0.3 is 14.4 Å². The van der Waals surface area contributed by atoms with Gasteiger partial charge in [0.25, 0.3) is 0 Å². The van der Waals surface area contributed by atoms with Crippen molar-refractivity contribution in [2.24, 2.45) is 0 Å². The highest BCUT2D eigenvalue weighted by molar-refractivity contribution is 8.11. The lowest BCUT2D eigenvalue weighted by atomic mass is 10.1. The summed E-state index contributed by atoms with van der Waals surface area (Å²) < 4.78 is 19.1. The van der Waals surface area contributed by atoms with Crippen molar-refractivity contribution in [1.29, 1.82) is 0 Å². The molecule has 3 N–H and O–H groups in total. The second-order valence-electron chi connectivity index (χ2n) is 5.69. The van der Waals surface area contributed by atoms with E-state index in [9.17, 15) is 4.79 Å². The van der Waals surface area contributed by atoms with Crippen LogP contribution in [0.1, 0.15) is 37.7 Å². The third-order valence-corrected chi connectivity index (χ3v) is 5.27. The van der Waals surface area contributed by atoms with Crippen LogP contribution < -0.4 is 19.7 Å². The van der Waals surface area contributed by atoms with Crippen LogP contribution in [0.4, 0.5) is 0 Å². The molecule has 1 fully saturated rings. The summed E-state index contributed by atoms with van der Waals surface area (Å²) >= 11 is -0.866. The number of carbonyl (C=O) groups is 1. The molecule has 0 saturated carbocycles. The van der Waals surface area contributed by atoms with Gasteiger partial charge in [0.15, 0.2) is 0 Å². The van der Waals surface area contributed by atoms with Gasteiger partial charge in [-0.3, -0.25) is 14.7 Å². The summed E-state index contributed by atoms with van der Waals surface area (Å²) in [7, 11) is 3.21. The van der Waals surface area contributed by atoms with Crippen molar-refractivity contribution in [2.75, 3.05) is 20.0 Å². The average Bonchev–Trinajstić information content (AvgIpc) is 3.11. The molecule has 8 nitrogen and oxygen atoms in total. The van der Waals surface area contributed by atoms with Crippen molar-refractivity contribution in [3.05, 3.63) is 29.6 Å². The first-order valence-electron chi connectivity index (χ1n) is 8.41. The molecule has 146 valence electrons. The zero-order valence-corrected chi connectivity index (χ0v) is 15.9. The van der Waals surface area contributed by atoms with Gasteiger partial charge in [-0.1, -0.05) is 12.8 Å². The quantitative estimate of drug-likeness (QED) is 0.161. The minimum Gasteiger partial charge on any atom is -0.497 e. The number of carbonyl (C=O) groups excluding carboxylic acids is 1. The number of benzene rings is 1. The van der Waals surface area contributed by atoms with E-state index < -0.39 is 11.4 Å². The molecule has 26 heavy (non-hydrogen) atoms. The zero-order valence-electron chi connectivity index (χ0n) is 15.0. The molecule has 9 heteroatoms. The van der Waals surface area contributed by atoms with E-state index in [1.54, 1.807) is 19.7 Å². The SMILES string of the molecule is COc1ccc(/C=C2/N[SH](CCCCCCC(=O)NO)OO2)c(OC)c1. The number of thiol groups is 1. The Morgan fingerprint density at radius 1 is 1.27 bits per heavy atom. The lowest BCUT2D eigenvalue weighted by molar-refractivity contribution is -0.135. The first-order chi connectivity index (χ1) is 12.7. The van der Waals surface area contributed by atoms with Gasteiger partial charge in [0.1, 0.15) is 11.5 Å². The van der Waals surface area contributed by atoms with Gasteiger partial charge in [0.05, 0.1) is 14.2 Å². The van der Waals surface area contributed by atoms with Gasteiger partial charge in [-0.15, -0.1) is 4.33 Å². The summed E-state index contributed by atoms with van der Waals surface area (Å²) in [5, 5.41) is 8.42. The van der Waals surface area contributed by atoms with Crippen LogP contribution in [0.3, 0.4) is 0 Å². The topological polar surface area (TPSA) is 98.3 Å². The van der Waals surface area contributed by atoms with Crippen molar-refractivity contribution < 1.29 is 28.7 Å². The Morgan fingerprint density at radius 2 is 2.08 bits per heavy atom. The average molecular weight is 386 g/mol. The number of hydroxylamine groups is 1. The van der Waals surface area contributed by atoms with Crippen molar-refractivity contribution >= 4 is 23.3 Å². The molecule has 0 aromatic heterocycles. The molecule has 1 aliphatic heterocycles. The maximum Gasteiger partial charge on any atom is 0.243 e. The maximum atomic E-state index is 10.9. The summed E-state index contributed by atoms with van der Waals surface area (Å²) in [6, 6.07) is 5.55. The Morgan fingerprint density at radius 3 is 2.81 bits per heavy atom. The van der Waals surface area contributed by atoms with E-state index in [4.69, 9.17) is 23.9 Å². The molecular formula is C17H26N2O6S. The number of nitrogens with one attached hydrogen (secondary N) is 2. The minimum atomic E-state index is -0.866. The van der Waals surface area contributed by atoms with E-state index in [1.165, 1.54) is 0 Å². The van der Waals surface area contributed by atoms with Crippen molar-refractivity contribution in [2.45, 2.75) is 32.1 Å². The maximum absolute atomic E-state index is 10.9. The zero-order chi connectivity index (χ0) is 18.8. The highest BCUT2D eigenvalue weighted by Gasteiger charge is 2.18. The highest BCUT2D eigenvalue weighted by Crippen LogP contribution is 2.35. The van der Waals surface area contributed by atoms with E-state index >= 15 is 0 Å². The summed E-state index contributed by atoms with van der Waals surface area (Å²) in [5.41, 5.74) is 2.50. The number of methoxy groups -OCH3 is 2. The first kappa shape index (κ1) is 20.2. The lowest BCUT2D eigenvalue weighted by Crippen LogP contribution is -2.17. The molecule has 1 aromatic rings. The van der Waals surface area contributed by atoms with E-state index in [1.807, 2.05) is 24.3 Å². The number of amides is 1. The van der Waals surface area contributed by atoms with Crippen LogP contribution in [0.2, 0.25) is 0 Å². The second kappa shape index (κ2) is 10.8. The molecule has 0 aliphatic carbocycles. The Hall–Kier alpha value is -2.10. The Labute approximate surface area is 156 Å². The highest BCUT2D eigenvalue weighted by atomic mass is 32.2. The predicted molar refractivity (Wildman–Crippen MR) is 99.7 cm³/mol. The van der Waals surface area contributed by atoms with Crippen molar-refractivity contribution in [3.8, 4) is 11.5 Å². The van der Waals surface area contributed by atoms with Crippen molar-refractivity contribution in [3.63, 3.8) is 0 Å². The van der Waals surface area contributed by atoms with Crippen LogP contribution in [0.25, 0.3) is 6.08 Å². The van der Waals surface area contributed by atoms with Gasteiger partial charge in [-0.05, 0) is 36.3 Å². The third kappa shape index (κ3) is 6.32. The fourth-order valence-electron chi connectivity index (χ4n) is 2.42. The van der Waals surface area contributed by atoms with Crippen molar-refractivity contribution in [1.82, 2.24) is 10.2 Å². The Balaban J connectivity index is 1.74. The van der Waals surface area contributed by atoms with Gasteiger partial charge in [0, 0.05) is 29.9 Å². The van der Waals surface area contributed by atoms with E-state index in [-0.39, 0.29) is 5.91 Å². The van der Waals surface area contributed by atoms with Crippen LogP contribution >= 0.6 is 11.4 Å². The van der Waals surface area contributed by atoms with Gasteiger partial charge in [0.2, 0.25) is 11.8 Å².